The Morgan fingerprint density at radius 3 is 1.87 bits per heavy atom. The largest absolute Gasteiger partial charge is 0.310 e. The molecular weight excluding hydrogens is 639 g/mol. The maximum absolute atomic E-state index is 2.58. The third kappa shape index (κ3) is 4.61. The summed E-state index contributed by atoms with van der Waals surface area (Å²) < 4.78 is 0. The highest BCUT2D eigenvalue weighted by Gasteiger charge is 2.43. The van der Waals surface area contributed by atoms with Crippen molar-refractivity contribution in [2.24, 2.45) is 0 Å². The summed E-state index contributed by atoms with van der Waals surface area (Å²) in [6.07, 6.45) is 0. The van der Waals surface area contributed by atoms with Gasteiger partial charge in [-0.15, -0.1) is 0 Å². The third-order valence-electron chi connectivity index (χ3n) is 11.2. The summed E-state index contributed by atoms with van der Waals surface area (Å²) in [5, 5.41) is 4.97. The van der Waals surface area contributed by atoms with Crippen LogP contribution in [-0.4, -0.2) is 6.71 Å². The molecule has 3 heteroatoms. The SMILES string of the molecule is c1ccc(-c2cccc(N(c3ccccc3)c3cc4c5c(c3)N(c3cccc6ccccc36)c3c(ccc6ccccc36)B5c3ccccc3-4)c2)cc1. The number of nitrogens with zero attached hydrogens (tertiary/aromatic N) is 2. The van der Waals surface area contributed by atoms with Crippen molar-refractivity contribution in [2.45, 2.75) is 0 Å². The minimum atomic E-state index is 0.127. The van der Waals surface area contributed by atoms with Crippen molar-refractivity contribution >= 4 is 78.8 Å². The lowest BCUT2D eigenvalue weighted by atomic mass is 9.37. The van der Waals surface area contributed by atoms with Gasteiger partial charge < -0.3 is 9.80 Å². The number of hydrogen-bond donors (Lipinski definition) is 0. The summed E-state index contributed by atoms with van der Waals surface area (Å²) in [5.41, 5.74) is 16.1. The molecule has 0 aliphatic carbocycles. The highest BCUT2D eigenvalue weighted by atomic mass is 15.2. The molecule has 0 saturated carbocycles. The summed E-state index contributed by atoms with van der Waals surface area (Å²) in [5.74, 6) is 0. The Balaban J connectivity index is 1.24. The normalized spacial score (nSPS) is 12.5. The first-order valence-electron chi connectivity index (χ1n) is 18.4. The van der Waals surface area contributed by atoms with E-state index in [4.69, 9.17) is 0 Å². The Morgan fingerprint density at radius 2 is 1.02 bits per heavy atom. The minimum absolute atomic E-state index is 0.127. The van der Waals surface area contributed by atoms with Gasteiger partial charge in [-0.3, -0.25) is 0 Å². The van der Waals surface area contributed by atoms with E-state index in [1.807, 2.05) is 0 Å². The molecule has 0 amide bonds. The van der Waals surface area contributed by atoms with E-state index in [1.165, 1.54) is 77.2 Å². The highest BCUT2D eigenvalue weighted by Crippen LogP contribution is 2.48. The molecule has 0 saturated heterocycles. The molecule has 2 nitrogen and oxygen atoms in total. The number of benzene rings is 9. The van der Waals surface area contributed by atoms with Crippen LogP contribution < -0.4 is 26.2 Å². The van der Waals surface area contributed by atoms with Crippen LogP contribution in [0.15, 0.2) is 200 Å². The van der Waals surface area contributed by atoms with Gasteiger partial charge in [0.05, 0.1) is 5.69 Å². The Labute approximate surface area is 309 Å². The molecule has 2 aliphatic heterocycles. The summed E-state index contributed by atoms with van der Waals surface area (Å²) in [7, 11) is 0. The zero-order chi connectivity index (χ0) is 34.9. The van der Waals surface area contributed by atoms with Crippen LogP contribution in [-0.2, 0) is 0 Å². The monoisotopic (exact) mass is 672 g/mol. The van der Waals surface area contributed by atoms with Crippen LogP contribution in [0.1, 0.15) is 0 Å². The molecule has 0 atom stereocenters. The van der Waals surface area contributed by atoms with Gasteiger partial charge in [0.1, 0.15) is 0 Å². The van der Waals surface area contributed by atoms with E-state index in [0.717, 1.165) is 17.1 Å². The van der Waals surface area contributed by atoms with Crippen LogP contribution in [0.5, 0.6) is 0 Å². The number of rotatable bonds is 5. The van der Waals surface area contributed by atoms with Gasteiger partial charge in [-0.05, 0) is 86.4 Å². The molecule has 11 rings (SSSR count). The Bertz CT molecular complexity index is 2860. The van der Waals surface area contributed by atoms with E-state index in [0.29, 0.717) is 0 Å². The Hall–Kier alpha value is -6.84. The maximum Gasteiger partial charge on any atom is 0.248 e. The Kier molecular flexibility index (Phi) is 6.68. The van der Waals surface area contributed by atoms with Crippen molar-refractivity contribution in [1.82, 2.24) is 0 Å². The first-order chi connectivity index (χ1) is 26.3. The van der Waals surface area contributed by atoms with Gasteiger partial charge in [-0.25, -0.2) is 0 Å². The molecule has 0 fully saturated rings. The van der Waals surface area contributed by atoms with E-state index < -0.39 is 0 Å². The van der Waals surface area contributed by atoms with Crippen LogP contribution >= 0.6 is 0 Å². The van der Waals surface area contributed by atoms with Crippen LogP contribution in [0.4, 0.5) is 34.1 Å². The molecular formula is C50H33BN2. The molecule has 0 N–H and O–H groups in total. The molecule has 2 aliphatic rings. The molecule has 2 heterocycles. The topological polar surface area (TPSA) is 6.48 Å². The fourth-order valence-corrected chi connectivity index (χ4v) is 8.94. The van der Waals surface area contributed by atoms with Crippen LogP contribution in [0.3, 0.4) is 0 Å². The van der Waals surface area contributed by atoms with E-state index >= 15 is 0 Å². The van der Waals surface area contributed by atoms with Crippen molar-refractivity contribution in [3.05, 3.63) is 200 Å². The number of para-hydroxylation sites is 1. The second kappa shape index (κ2) is 11.9. The summed E-state index contributed by atoms with van der Waals surface area (Å²) >= 11 is 0. The number of fused-ring (bicyclic) bond motifs is 8. The summed E-state index contributed by atoms with van der Waals surface area (Å²) in [4.78, 5) is 5.01. The van der Waals surface area contributed by atoms with E-state index in [-0.39, 0.29) is 6.71 Å². The second-order valence-corrected chi connectivity index (χ2v) is 14.1. The van der Waals surface area contributed by atoms with E-state index in [1.54, 1.807) is 0 Å². The van der Waals surface area contributed by atoms with E-state index in [9.17, 15) is 0 Å². The summed E-state index contributed by atoms with van der Waals surface area (Å²) in [6.45, 7) is 0.127. The maximum atomic E-state index is 2.58. The van der Waals surface area contributed by atoms with Gasteiger partial charge in [-0.2, -0.15) is 0 Å². The second-order valence-electron chi connectivity index (χ2n) is 14.1. The molecule has 0 radical (unpaired) electrons. The first-order valence-corrected chi connectivity index (χ1v) is 18.4. The lowest BCUT2D eigenvalue weighted by molar-refractivity contribution is 1.27. The molecule has 9 aromatic carbocycles. The lowest BCUT2D eigenvalue weighted by Crippen LogP contribution is -2.54. The van der Waals surface area contributed by atoms with Gasteiger partial charge >= 0.3 is 0 Å². The van der Waals surface area contributed by atoms with Gasteiger partial charge in [0.25, 0.3) is 0 Å². The van der Waals surface area contributed by atoms with Crippen molar-refractivity contribution in [1.29, 1.82) is 0 Å². The smallest absolute Gasteiger partial charge is 0.248 e. The lowest BCUT2D eigenvalue weighted by Gasteiger charge is -2.38. The minimum Gasteiger partial charge on any atom is -0.310 e. The molecule has 0 aromatic heterocycles. The number of anilines is 6. The van der Waals surface area contributed by atoms with Crippen molar-refractivity contribution in [3.63, 3.8) is 0 Å². The fraction of sp³-hybridized carbons (Fsp3) is 0. The van der Waals surface area contributed by atoms with Gasteiger partial charge in [-0.1, -0.05) is 163 Å². The van der Waals surface area contributed by atoms with Crippen molar-refractivity contribution in [2.75, 3.05) is 9.80 Å². The molecule has 0 spiro atoms. The van der Waals surface area contributed by atoms with Crippen LogP contribution in [0.25, 0.3) is 43.8 Å². The predicted octanol–water partition coefficient (Wildman–Crippen LogP) is 11.4. The molecule has 246 valence electrons. The molecule has 53 heavy (non-hydrogen) atoms. The van der Waals surface area contributed by atoms with Crippen LogP contribution in [0.2, 0.25) is 0 Å². The number of hydrogen-bond acceptors (Lipinski definition) is 2. The predicted molar refractivity (Wildman–Crippen MR) is 226 cm³/mol. The Morgan fingerprint density at radius 1 is 0.377 bits per heavy atom. The fourth-order valence-electron chi connectivity index (χ4n) is 8.94. The van der Waals surface area contributed by atoms with Crippen molar-refractivity contribution in [3.8, 4) is 22.3 Å². The average Bonchev–Trinajstić information content (AvgIpc) is 3.56. The quantitative estimate of drug-likeness (QED) is 0.168. The highest BCUT2D eigenvalue weighted by molar-refractivity contribution is 7.01. The zero-order valence-corrected chi connectivity index (χ0v) is 29.0. The van der Waals surface area contributed by atoms with E-state index in [2.05, 4.69) is 210 Å². The van der Waals surface area contributed by atoms with Gasteiger partial charge in [0.15, 0.2) is 0 Å². The summed E-state index contributed by atoms with van der Waals surface area (Å²) in [6, 6.07) is 73.5. The van der Waals surface area contributed by atoms with Gasteiger partial charge in [0, 0.05) is 39.2 Å². The molecule has 9 aromatic rings. The van der Waals surface area contributed by atoms with Gasteiger partial charge in [0.2, 0.25) is 6.71 Å². The molecule has 0 unspecified atom stereocenters. The third-order valence-corrected chi connectivity index (χ3v) is 11.2. The van der Waals surface area contributed by atoms with Crippen molar-refractivity contribution < 1.29 is 0 Å². The standard InChI is InChI=1S/C50H33BN2/c1-3-15-34(16-4-1)37-20-13-23-39(31-37)52(38-21-5-2-6-22-38)40-32-44-43-26-11-12-27-45(43)51-46-30-29-36-18-8-10-25-42(36)50(46)53(48(33-40)49(44)51)47-28-14-19-35-17-7-9-24-41(35)47/h1-33H. The van der Waals surface area contributed by atoms with Crippen LogP contribution in [0, 0.1) is 0 Å². The first kappa shape index (κ1) is 29.9. The zero-order valence-electron chi connectivity index (χ0n) is 29.0. The molecule has 0 bridgehead atoms. The average molecular weight is 673 g/mol.